The summed E-state index contributed by atoms with van der Waals surface area (Å²) in [6, 6.07) is 15.5. The van der Waals surface area contributed by atoms with E-state index in [0.717, 1.165) is 42.3 Å². The van der Waals surface area contributed by atoms with Gasteiger partial charge in [-0.25, -0.2) is 10.9 Å². The van der Waals surface area contributed by atoms with Crippen LogP contribution >= 0.6 is 0 Å². The Morgan fingerprint density at radius 2 is 1.82 bits per heavy atom. The minimum atomic E-state index is -0.294. The number of carbonyl (C=O) groups excluding carboxylic acids is 1. The van der Waals surface area contributed by atoms with Crippen molar-refractivity contribution in [2.75, 3.05) is 32.1 Å². The van der Waals surface area contributed by atoms with Gasteiger partial charge < -0.3 is 20.1 Å². The van der Waals surface area contributed by atoms with Gasteiger partial charge in [-0.05, 0) is 41.8 Å². The number of ether oxygens (including phenoxy) is 2. The lowest BCUT2D eigenvalue weighted by Gasteiger charge is -2.24. The summed E-state index contributed by atoms with van der Waals surface area (Å²) in [6.07, 6.45) is 0.752. The molecule has 0 bridgehead atoms. The fourth-order valence-corrected chi connectivity index (χ4v) is 3.57. The zero-order valence-corrected chi connectivity index (χ0v) is 15.9. The lowest BCUT2D eigenvalue weighted by Crippen LogP contribution is -2.39. The third-order valence-electron chi connectivity index (χ3n) is 5.22. The first kappa shape index (κ1) is 18.9. The Kier molecular flexibility index (Phi) is 5.87. The molecule has 4 rings (SSSR count). The van der Waals surface area contributed by atoms with Gasteiger partial charge in [0.05, 0.1) is 19.8 Å². The molecule has 0 spiro atoms. The van der Waals surface area contributed by atoms with Crippen molar-refractivity contribution in [3.8, 4) is 5.75 Å². The lowest BCUT2D eigenvalue weighted by atomic mass is 10.0. The second-order valence-electron chi connectivity index (χ2n) is 7.08. The predicted molar refractivity (Wildman–Crippen MR) is 107 cm³/mol. The fraction of sp³-hybridized carbons (Fsp3) is 0.381. The number of anilines is 1. The summed E-state index contributed by atoms with van der Waals surface area (Å²) in [4.78, 5) is 12.6. The Labute approximate surface area is 164 Å². The summed E-state index contributed by atoms with van der Waals surface area (Å²) in [5.41, 5.74) is 9.32. The van der Waals surface area contributed by atoms with Crippen LogP contribution in [0.3, 0.4) is 0 Å². The normalized spacial score (nSPS) is 24.7. The van der Waals surface area contributed by atoms with Crippen LogP contribution in [0.5, 0.6) is 5.75 Å². The number of nitrogens with one attached hydrogen (secondary N) is 4. The molecule has 7 heteroatoms. The maximum atomic E-state index is 12.6. The van der Waals surface area contributed by atoms with E-state index >= 15 is 0 Å². The van der Waals surface area contributed by atoms with Gasteiger partial charge in [0, 0.05) is 24.8 Å². The smallest absolute Gasteiger partial charge is 0.242 e. The number of carbonyl (C=O) groups is 1. The number of benzene rings is 2. The number of hydrogen-bond acceptors (Lipinski definition) is 6. The molecule has 2 aliphatic rings. The van der Waals surface area contributed by atoms with E-state index < -0.39 is 0 Å². The van der Waals surface area contributed by atoms with Gasteiger partial charge in [-0.1, -0.05) is 24.3 Å². The Balaban J connectivity index is 1.32. The largest absolute Gasteiger partial charge is 0.497 e. The molecule has 7 nitrogen and oxygen atoms in total. The van der Waals surface area contributed by atoms with Crippen molar-refractivity contribution >= 4 is 11.6 Å². The highest BCUT2D eigenvalue weighted by molar-refractivity contribution is 5.95. The maximum absolute atomic E-state index is 12.6. The summed E-state index contributed by atoms with van der Waals surface area (Å²) in [6.45, 7) is 2.43. The van der Waals surface area contributed by atoms with Crippen LogP contribution in [0.4, 0.5) is 5.69 Å². The number of morpholine rings is 1. The van der Waals surface area contributed by atoms with Crippen LogP contribution in [-0.2, 0) is 9.53 Å². The number of methoxy groups -OCH3 is 1. The van der Waals surface area contributed by atoms with Crippen LogP contribution in [0.1, 0.15) is 29.7 Å². The summed E-state index contributed by atoms with van der Waals surface area (Å²) >= 11 is 0. The minimum absolute atomic E-state index is 0.0492. The fourth-order valence-electron chi connectivity index (χ4n) is 3.57. The molecule has 0 aromatic heterocycles. The lowest BCUT2D eigenvalue weighted by molar-refractivity contribution is -0.117. The van der Waals surface area contributed by atoms with Crippen molar-refractivity contribution in [3.05, 3.63) is 59.7 Å². The summed E-state index contributed by atoms with van der Waals surface area (Å²) in [5.74, 6) is 0.772. The van der Waals surface area contributed by atoms with Crippen LogP contribution in [0.2, 0.25) is 0 Å². The molecule has 4 N–H and O–H groups in total. The van der Waals surface area contributed by atoms with E-state index in [4.69, 9.17) is 9.47 Å². The van der Waals surface area contributed by atoms with Gasteiger partial charge in [-0.2, -0.15) is 0 Å². The highest BCUT2D eigenvalue weighted by atomic mass is 16.5. The van der Waals surface area contributed by atoms with Crippen molar-refractivity contribution in [1.29, 1.82) is 0 Å². The van der Waals surface area contributed by atoms with E-state index in [-0.39, 0.29) is 24.1 Å². The van der Waals surface area contributed by atoms with Crippen molar-refractivity contribution in [2.24, 2.45) is 0 Å². The molecule has 2 heterocycles. The molecular weight excluding hydrogens is 356 g/mol. The highest BCUT2D eigenvalue weighted by Crippen LogP contribution is 2.25. The standard InChI is InChI=1S/C21H26N4O3/c1-27-17-8-4-14(5-9-17)18-12-19(25-24-18)21(26)23-16-6-2-15(3-7-16)20-13-22-10-11-28-20/h2-9,18-20,22,24-25H,10-13H2,1H3,(H,23,26)/t18?,19?,20-/m1/s1. The molecule has 28 heavy (non-hydrogen) atoms. The third-order valence-corrected chi connectivity index (χ3v) is 5.22. The molecule has 2 unspecified atom stereocenters. The number of amides is 1. The van der Waals surface area contributed by atoms with Crippen LogP contribution < -0.4 is 26.2 Å². The van der Waals surface area contributed by atoms with Crippen molar-refractivity contribution in [1.82, 2.24) is 16.2 Å². The second kappa shape index (κ2) is 8.70. The maximum Gasteiger partial charge on any atom is 0.242 e. The quantitative estimate of drug-likeness (QED) is 0.632. The molecule has 1 amide bonds. The van der Waals surface area contributed by atoms with Crippen molar-refractivity contribution in [2.45, 2.75) is 24.6 Å². The van der Waals surface area contributed by atoms with E-state index in [9.17, 15) is 4.79 Å². The molecular formula is C21H26N4O3. The molecule has 148 valence electrons. The SMILES string of the molecule is COc1ccc(C2CC(C(=O)Nc3ccc([C@H]4CNCCO4)cc3)NN2)cc1. The van der Waals surface area contributed by atoms with Gasteiger partial charge in [-0.15, -0.1) is 0 Å². The minimum Gasteiger partial charge on any atom is -0.497 e. The van der Waals surface area contributed by atoms with E-state index in [1.807, 2.05) is 48.5 Å². The Bertz CT molecular complexity index is 788. The van der Waals surface area contributed by atoms with Crippen molar-refractivity contribution in [3.63, 3.8) is 0 Å². The van der Waals surface area contributed by atoms with Gasteiger partial charge in [0.25, 0.3) is 0 Å². The van der Waals surface area contributed by atoms with Crippen LogP contribution in [0.25, 0.3) is 0 Å². The van der Waals surface area contributed by atoms with Crippen LogP contribution in [-0.4, -0.2) is 38.8 Å². The molecule has 0 aliphatic carbocycles. The predicted octanol–water partition coefficient (Wildman–Crippen LogP) is 1.90. The van der Waals surface area contributed by atoms with Gasteiger partial charge in [0.15, 0.2) is 0 Å². The van der Waals surface area contributed by atoms with E-state index in [2.05, 4.69) is 21.5 Å². The van der Waals surface area contributed by atoms with E-state index in [1.165, 1.54) is 0 Å². The average molecular weight is 382 g/mol. The average Bonchev–Trinajstić information content (AvgIpc) is 3.25. The summed E-state index contributed by atoms with van der Waals surface area (Å²) in [7, 11) is 1.65. The molecule has 3 atom stereocenters. The first-order valence-corrected chi connectivity index (χ1v) is 9.61. The summed E-state index contributed by atoms with van der Waals surface area (Å²) < 4.78 is 11.0. The van der Waals surface area contributed by atoms with Gasteiger partial charge in [-0.3, -0.25) is 4.79 Å². The number of hydrogen-bond donors (Lipinski definition) is 4. The zero-order chi connectivity index (χ0) is 19.3. The monoisotopic (exact) mass is 382 g/mol. The Hall–Kier alpha value is -2.45. The molecule has 2 aromatic carbocycles. The van der Waals surface area contributed by atoms with Crippen LogP contribution in [0.15, 0.2) is 48.5 Å². The molecule has 2 saturated heterocycles. The number of rotatable bonds is 5. The van der Waals surface area contributed by atoms with E-state index in [1.54, 1.807) is 7.11 Å². The molecule has 2 aromatic rings. The van der Waals surface area contributed by atoms with Gasteiger partial charge in [0.2, 0.25) is 5.91 Å². The first-order valence-electron chi connectivity index (χ1n) is 9.61. The van der Waals surface area contributed by atoms with Crippen molar-refractivity contribution < 1.29 is 14.3 Å². The molecule has 2 fully saturated rings. The van der Waals surface area contributed by atoms with Gasteiger partial charge >= 0.3 is 0 Å². The molecule has 0 radical (unpaired) electrons. The first-order chi connectivity index (χ1) is 13.7. The Morgan fingerprint density at radius 1 is 1.07 bits per heavy atom. The Morgan fingerprint density at radius 3 is 2.50 bits per heavy atom. The number of hydrazine groups is 1. The van der Waals surface area contributed by atoms with Gasteiger partial charge in [0.1, 0.15) is 11.8 Å². The zero-order valence-electron chi connectivity index (χ0n) is 15.9. The third kappa shape index (κ3) is 4.34. The van der Waals surface area contributed by atoms with Crippen LogP contribution in [0, 0.1) is 0 Å². The second-order valence-corrected chi connectivity index (χ2v) is 7.08. The van der Waals surface area contributed by atoms with E-state index in [0.29, 0.717) is 6.42 Å². The molecule has 2 aliphatic heterocycles. The molecule has 0 saturated carbocycles. The summed E-state index contributed by atoms with van der Waals surface area (Å²) in [5, 5.41) is 6.31. The topological polar surface area (TPSA) is 83.7 Å². The highest BCUT2D eigenvalue weighted by Gasteiger charge is 2.30.